The topological polar surface area (TPSA) is 55.9 Å². The molecule has 1 aromatic heterocycles. The first-order chi connectivity index (χ1) is 9.79. The lowest BCUT2D eigenvalue weighted by atomic mass is 9.91. The van der Waals surface area contributed by atoms with Gasteiger partial charge in [0.05, 0.1) is 6.33 Å². The molecule has 0 bridgehead atoms. The maximum Gasteiger partial charge on any atom is 0.0949 e. The third-order valence-electron chi connectivity index (χ3n) is 3.94. The Morgan fingerprint density at radius 3 is 3.10 bits per heavy atom. The van der Waals surface area contributed by atoms with E-state index in [1.54, 1.807) is 0 Å². The van der Waals surface area contributed by atoms with E-state index >= 15 is 0 Å². The molecule has 3 rings (SSSR count). The monoisotopic (exact) mass is 270 g/mol. The Labute approximate surface area is 120 Å². The van der Waals surface area contributed by atoms with E-state index in [1.807, 2.05) is 18.7 Å². The van der Waals surface area contributed by atoms with Gasteiger partial charge in [0.15, 0.2) is 0 Å². The minimum Gasteiger partial charge on any atom is -0.382 e. The highest BCUT2D eigenvalue weighted by Crippen LogP contribution is 2.22. The summed E-state index contributed by atoms with van der Waals surface area (Å²) in [5, 5.41) is 3.63. The maximum atomic E-state index is 6.05. The summed E-state index contributed by atoms with van der Waals surface area (Å²) in [4.78, 5) is 4.08. The van der Waals surface area contributed by atoms with E-state index in [0.29, 0.717) is 12.1 Å². The summed E-state index contributed by atoms with van der Waals surface area (Å²) in [7, 11) is 0. The van der Waals surface area contributed by atoms with E-state index in [0.717, 1.165) is 13.0 Å². The number of aromatic nitrogens is 2. The van der Waals surface area contributed by atoms with Crippen LogP contribution in [-0.2, 0) is 6.54 Å². The summed E-state index contributed by atoms with van der Waals surface area (Å²) in [5.41, 5.74) is 8.53. The van der Waals surface area contributed by atoms with Gasteiger partial charge >= 0.3 is 0 Å². The van der Waals surface area contributed by atoms with Crippen molar-refractivity contribution in [1.29, 1.82) is 0 Å². The third-order valence-corrected chi connectivity index (χ3v) is 3.94. The molecule has 2 unspecified atom stereocenters. The average molecular weight is 270 g/mol. The summed E-state index contributed by atoms with van der Waals surface area (Å²) in [6.45, 7) is 0.861. The van der Waals surface area contributed by atoms with E-state index in [-0.39, 0.29) is 0 Å². The lowest BCUT2D eigenvalue weighted by Gasteiger charge is -2.28. The summed E-state index contributed by atoms with van der Waals surface area (Å²) in [6.07, 6.45) is 10.3. The SMILES string of the molecule is NC1CCCC(Nc2cccc(Cn3ccnc3)c2)C1. The van der Waals surface area contributed by atoms with Crippen molar-refractivity contribution in [3.8, 4) is 0 Å². The minimum absolute atomic E-state index is 0.357. The van der Waals surface area contributed by atoms with Crippen LogP contribution in [0, 0.1) is 0 Å². The Bertz CT molecular complexity index is 535. The molecule has 1 aromatic carbocycles. The average Bonchev–Trinajstić information content (AvgIpc) is 2.92. The van der Waals surface area contributed by atoms with Gasteiger partial charge in [0.1, 0.15) is 0 Å². The van der Waals surface area contributed by atoms with Crippen LogP contribution in [0.25, 0.3) is 0 Å². The molecular weight excluding hydrogens is 248 g/mol. The van der Waals surface area contributed by atoms with Crippen molar-refractivity contribution >= 4 is 5.69 Å². The van der Waals surface area contributed by atoms with Crippen LogP contribution < -0.4 is 11.1 Å². The lowest BCUT2D eigenvalue weighted by Crippen LogP contribution is -2.34. The van der Waals surface area contributed by atoms with Crippen LogP contribution >= 0.6 is 0 Å². The fraction of sp³-hybridized carbons (Fsp3) is 0.438. The number of hydrogen-bond donors (Lipinski definition) is 2. The number of anilines is 1. The molecule has 4 heteroatoms. The highest BCUT2D eigenvalue weighted by Gasteiger charge is 2.18. The van der Waals surface area contributed by atoms with Gasteiger partial charge in [-0.2, -0.15) is 0 Å². The standard InChI is InChI=1S/C16H22N4/c17-14-4-2-6-16(10-14)19-15-5-1-3-13(9-15)11-20-8-7-18-12-20/h1,3,5,7-9,12,14,16,19H,2,4,6,10-11,17H2. The van der Waals surface area contributed by atoms with Gasteiger partial charge in [-0.05, 0) is 43.4 Å². The van der Waals surface area contributed by atoms with Crippen molar-refractivity contribution < 1.29 is 0 Å². The zero-order valence-electron chi connectivity index (χ0n) is 11.7. The molecule has 2 aromatic rings. The Balaban J connectivity index is 1.65. The molecule has 3 N–H and O–H groups in total. The van der Waals surface area contributed by atoms with Crippen LogP contribution in [0.15, 0.2) is 43.0 Å². The van der Waals surface area contributed by atoms with Crippen molar-refractivity contribution in [2.24, 2.45) is 5.73 Å². The van der Waals surface area contributed by atoms with E-state index < -0.39 is 0 Å². The van der Waals surface area contributed by atoms with E-state index in [2.05, 4.69) is 39.1 Å². The second kappa shape index (κ2) is 6.09. The molecule has 1 saturated carbocycles. The number of benzene rings is 1. The highest BCUT2D eigenvalue weighted by molar-refractivity contribution is 5.46. The van der Waals surface area contributed by atoms with Crippen LogP contribution in [0.4, 0.5) is 5.69 Å². The van der Waals surface area contributed by atoms with Crippen LogP contribution in [-0.4, -0.2) is 21.6 Å². The molecular formula is C16H22N4. The second-order valence-electron chi connectivity index (χ2n) is 5.70. The van der Waals surface area contributed by atoms with E-state index in [4.69, 9.17) is 5.73 Å². The molecule has 2 atom stereocenters. The number of nitrogens with zero attached hydrogens (tertiary/aromatic N) is 2. The first-order valence-corrected chi connectivity index (χ1v) is 7.36. The predicted molar refractivity (Wildman–Crippen MR) is 81.6 cm³/mol. The van der Waals surface area contributed by atoms with Gasteiger partial charge in [0.25, 0.3) is 0 Å². The molecule has 1 fully saturated rings. The van der Waals surface area contributed by atoms with Crippen molar-refractivity contribution in [1.82, 2.24) is 9.55 Å². The molecule has 1 aliphatic carbocycles. The predicted octanol–water partition coefficient (Wildman–Crippen LogP) is 2.61. The van der Waals surface area contributed by atoms with Gasteiger partial charge in [0, 0.05) is 36.7 Å². The number of nitrogens with one attached hydrogen (secondary N) is 1. The van der Waals surface area contributed by atoms with E-state index in [9.17, 15) is 0 Å². The van der Waals surface area contributed by atoms with Gasteiger partial charge in [-0.15, -0.1) is 0 Å². The quantitative estimate of drug-likeness (QED) is 0.898. The van der Waals surface area contributed by atoms with Crippen molar-refractivity contribution in [3.63, 3.8) is 0 Å². The molecule has 0 amide bonds. The Morgan fingerprint density at radius 2 is 2.30 bits per heavy atom. The van der Waals surface area contributed by atoms with Gasteiger partial charge < -0.3 is 15.6 Å². The van der Waals surface area contributed by atoms with Gasteiger partial charge in [-0.1, -0.05) is 12.1 Å². The first-order valence-electron chi connectivity index (χ1n) is 7.36. The fourth-order valence-corrected chi connectivity index (χ4v) is 2.94. The van der Waals surface area contributed by atoms with Crippen LogP contribution in [0.3, 0.4) is 0 Å². The molecule has 0 spiro atoms. The lowest BCUT2D eigenvalue weighted by molar-refractivity contribution is 0.409. The van der Waals surface area contributed by atoms with Crippen molar-refractivity contribution in [2.75, 3.05) is 5.32 Å². The summed E-state index contributed by atoms with van der Waals surface area (Å²) < 4.78 is 2.08. The van der Waals surface area contributed by atoms with Crippen molar-refractivity contribution in [2.45, 2.75) is 44.3 Å². The maximum absolute atomic E-state index is 6.05. The molecule has 4 nitrogen and oxygen atoms in total. The van der Waals surface area contributed by atoms with E-state index in [1.165, 1.54) is 30.5 Å². The Kier molecular flexibility index (Phi) is 4.02. The molecule has 20 heavy (non-hydrogen) atoms. The molecule has 1 aliphatic rings. The van der Waals surface area contributed by atoms with Crippen LogP contribution in [0.1, 0.15) is 31.2 Å². The summed E-state index contributed by atoms with van der Waals surface area (Å²) in [5.74, 6) is 0. The molecule has 0 aliphatic heterocycles. The zero-order valence-corrected chi connectivity index (χ0v) is 11.7. The number of hydrogen-bond acceptors (Lipinski definition) is 3. The van der Waals surface area contributed by atoms with Gasteiger partial charge in [-0.3, -0.25) is 0 Å². The number of rotatable bonds is 4. The third kappa shape index (κ3) is 3.39. The molecule has 106 valence electrons. The smallest absolute Gasteiger partial charge is 0.0949 e. The first kappa shape index (κ1) is 13.2. The van der Waals surface area contributed by atoms with Crippen LogP contribution in [0.5, 0.6) is 0 Å². The number of nitrogens with two attached hydrogens (primary N) is 1. The normalized spacial score (nSPS) is 22.6. The molecule has 1 heterocycles. The summed E-state index contributed by atoms with van der Waals surface area (Å²) in [6, 6.07) is 9.49. The molecule has 0 saturated heterocycles. The van der Waals surface area contributed by atoms with Crippen LogP contribution in [0.2, 0.25) is 0 Å². The fourth-order valence-electron chi connectivity index (χ4n) is 2.94. The van der Waals surface area contributed by atoms with Crippen molar-refractivity contribution in [3.05, 3.63) is 48.5 Å². The largest absolute Gasteiger partial charge is 0.382 e. The van der Waals surface area contributed by atoms with Gasteiger partial charge in [-0.25, -0.2) is 4.98 Å². The second-order valence-corrected chi connectivity index (χ2v) is 5.70. The zero-order chi connectivity index (χ0) is 13.8. The summed E-state index contributed by atoms with van der Waals surface area (Å²) >= 11 is 0. The van der Waals surface area contributed by atoms with Gasteiger partial charge in [0.2, 0.25) is 0 Å². The Hall–Kier alpha value is -1.81. The minimum atomic E-state index is 0.357. The Morgan fingerprint density at radius 1 is 1.35 bits per heavy atom. The molecule has 0 radical (unpaired) electrons. The highest BCUT2D eigenvalue weighted by atomic mass is 15.0. The number of imidazole rings is 1.